The SMILES string of the molecule is COCC(COCc1ccc(-c2nc3c4ccccc4c4ccccc4c3[nH]2)cc1)OC. The highest BCUT2D eigenvalue weighted by atomic mass is 16.5. The zero-order chi connectivity index (χ0) is 21.9. The van der Waals surface area contributed by atoms with Gasteiger partial charge in [0.2, 0.25) is 0 Å². The molecule has 0 radical (unpaired) electrons. The maximum Gasteiger partial charge on any atom is 0.138 e. The summed E-state index contributed by atoms with van der Waals surface area (Å²) < 4.78 is 16.2. The van der Waals surface area contributed by atoms with Gasteiger partial charge in [-0.3, -0.25) is 0 Å². The molecule has 1 unspecified atom stereocenters. The van der Waals surface area contributed by atoms with E-state index in [1.165, 1.54) is 16.2 Å². The molecule has 5 rings (SSSR count). The van der Waals surface area contributed by atoms with Crippen molar-refractivity contribution in [2.75, 3.05) is 27.4 Å². The van der Waals surface area contributed by atoms with Crippen molar-refractivity contribution < 1.29 is 14.2 Å². The summed E-state index contributed by atoms with van der Waals surface area (Å²) >= 11 is 0. The fourth-order valence-electron chi connectivity index (χ4n) is 4.20. The van der Waals surface area contributed by atoms with Crippen LogP contribution in [0.2, 0.25) is 0 Å². The smallest absolute Gasteiger partial charge is 0.138 e. The molecule has 5 nitrogen and oxygen atoms in total. The van der Waals surface area contributed by atoms with Crippen molar-refractivity contribution in [1.82, 2.24) is 9.97 Å². The Morgan fingerprint density at radius 1 is 0.781 bits per heavy atom. The van der Waals surface area contributed by atoms with Gasteiger partial charge in [0.1, 0.15) is 11.9 Å². The lowest BCUT2D eigenvalue weighted by atomic mass is 10.0. The van der Waals surface area contributed by atoms with Crippen LogP contribution in [0, 0.1) is 0 Å². The molecule has 1 heterocycles. The predicted octanol–water partition coefficient (Wildman–Crippen LogP) is 5.71. The zero-order valence-electron chi connectivity index (χ0n) is 18.3. The van der Waals surface area contributed by atoms with E-state index in [0.717, 1.165) is 33.4 Å². The minimum atomic E-state index is -0.0560. The second kappa shape index (κ2) is 9.09. The Morgan fingerprint density at radius 3 is 2.12 bits per heavy atom. The first-order valence-corrected chi connectivity index (χ1v) is 10.8. The molecule has 0 aliphatic rings. The summed E-state index contributed by atoms with van der Waals surface area (Å²) in [6, 6.07) is 25.3. The van der Waals surface area contributed by atoms with Crippen LogP contribution in [0.15, 0.2) is 72.8 Å². The Bertz CT molecular complexity index is 1290. The van der Waals surface area contributed by atoms with Gasteiger partial charge in [-0.2, -0.15) is 0 Å². The Morgan fingerprint density at radius 2 is 1.44 bits per heavy atom. The number of nitrogens with zero attached hydrogens (tertiary/aromatic N) is 1. The maximum atomic E-state index is 5.79. The van der Waals surface area contributed by atoms with Crippen LogP contribution in [0.25, 0.3) is 44.0 Å². The summed E-state index contributed by atoms with van der Waals surface area (Å²) in [6.45, 7) is 1.54. The van der Waals surface area contributed by atoms with Gasteiger partial charge in [-0.05, 0) is 16.3 Å². The van der Waals surface area contributed by atoms with E-state index in [-0.39, 0.29) is 6.10 Å². The van der Waals surface area contributed by atoms with Gasteiger partial charge in [0.15, 0.2) is 0 Å². The second-order valence-corrected chi connectivity index (χ2v) is 7.93. The fraction of sp³-hybridized carbons (Fsp3) is 0.222. The van der Waals surface area contributed by atoms with Gasteiger partial charge < -0.3 is 19.2 Å². The van der Waals surface area contributed by atoms with Gasteiger partial charge >= 0.3 is 0 Å². The highest BCUT2D eigenvalue weighted by Crippen LogP contribution is 2.35. The van der Waals surface area contributed by atoms with Crippen LogP contribution in [-0.4, -0.2) is 43.5 Å². The molecule has 4 aromatic carbocycles. The largest absolute Gasteiger partial charge is 0.382 e. The average molecular weight is 427 g/mol. The molecule has 1 atom stereocenters. The molecule has 0 spiro atoms. The van der Waals surface area contributed by atoms with E-state index in [4.69, 9.17) is 19.2 Å². The van der Waals surface area contributed by atoms with Crippen molar-refractivity contribution in [3.63, 3.8) is 0 Å². The van der Waals surface area contributed by atoms with Crippen LogP contribution in [0.4, 0.5) is 0 Å². The third-order valence-electron chi connectivity index (χ3n) is 5.86. The summed E-state index contributed by atoms with van der Waals surface area (Å²) in [7, 11) is 3.33. The highest BCUT2D eigenvalue weighted by Gasteiger charge is 2.13. The number of aromatic amines is 1. The summed E-state index contributed by atoms with van der Waals surface area (Å²) in [5.41, 5.74) is 4.23. The number of hydrogen-bond acceptors (Lipinski definition) is 4. The minimum Gasteiger partial charge on any atom is -0.382 e. The summed E-state index contributed by atoms with van der Waals surface area (Å²) in [6.07, 6.45) is -0.0560. The molecule has 1 N–H and O–H groups in total. The van der Waals surface area contributed by atoms with Crippen LogP contribution in [0.3, 0.4) is 0 Å². The predicted molar refractivity (Wildman–Crippen MR) is 129 cm³/mol. The van der Waals surface area contributed by atoms with E-state index >= 15 is 0 Å². The molecule has 0 amide bonds. The van der Waals surface area contributed by atoms with Crippen LogP contribution >= 0.6 is 0 Å². The van der Waals surface area contributed by atoms with E-state index in [1.54, 1.807) is 14.2 Å². The molecule has 0 bridgehead atoms. The Balaban J connectivity index is 1.44. The molecule has 162 valence electrons. The second-order valence-electron chi connectivity index (χ2n) is 7.93. The van der Waals surface area contributed by atoms with Gasteiger partial charge in [0.05, 0.1) is 30.9 Å². The van der Waals surface area contributed by atoms with E-state index < -0.39 is 0 Å². The molecule has 0 aliphatic carbocycles. The van der Waals surface area contributed by atoms with Crippen LogP contribution < -0.4 is 0 Å². The quantitative estimate of drug-likeness (QED) is 0.323. The van der Waals surface area contributed by atoms with Crippen molar-refractivity contribution in [2.24, 2.45) is 0 Å². The number of methoxy groups -OCH3 is 2. The Hall–Kier alpha value is -3.25. The number of nitrogens with one attached hydrogen (secondary N) is 1. The van der Waals surface area contributed by atoms with Gasteiger partial charge in [-0.1, -0.05) is 72.8 Å². The van der Waals surface area contributed by atoms with Crippen molar-refractivity contribution in [1.29, 1.82) is 0 Å². The molecule has 1 aromatic heterocycles. The van der Waals surface area contributed by atoms with Gasteiger partial charge in [-0.25, -0.2) is 4.98 Å². The molecule has 0 aliphatic heterocycles. The van der Waals surface area contributed by atoms with Gasteiger partial charge in [0, 0.05) is 30.6 Å². The third kappa shape index (κ3) is 3.86. The Kier molecular flexibility index (Phi) is 5.86. The van der Waals surface area contributed by atoms with Gasteiger partial charge in [-0.15, -0.1) is 0 Å². The lowest BCUT2D eigenvalue weighted by Crippen LogP contribution is -2.23. The summed E-state index contributed by atoms with van der Waals surface area (Å²) in [5, 5.41) is 4.82. The standard InChI is InChI=1S/C27H26N2O3/c1-30-16-20(31-2)17-32-15-18-11-13-19(14-12-18)27-28-25-23-9-5-3-7-21(23)22-8-4-6-10-24(22)26(25)29-27/h3-14,20H,15-17H2,1-2H3,(H,28,29). The topological polar surface area (TPSA) is 56.4 Å². The van der Waals surface area contributed by atoms with Crippen molar-refractivity contribution in [3.8, 4) is 11.4 Å². The third-order valence-corrected chi connectivity index (χ3v) is 5.86. The van der Waals surface area contributed by atoms with E-state index in [1.807, 2.05) is 0 Å². The lowest BCUT2D eigenvalue weighted by molar-refractivity contribution is -0.0347. The van der Waals surface area contributed by atoms with Gasteiger partial charge in [0.25, 0.3) is 0 Å². The average Bonchev–Trinajstić information content (AvgIpc) is 3.30. The molecular weight excluding hydrogens is 400 g/mol. The number of fused-ring (bicyclic) bond motifs is 6. The van der Waals surface area contributed by atoms with Crippen molar-refractivity contribution >= 4 is 32.6 Å². The maximum absolute atomic E-state index is 5.79. The molecule has 5 aromatic rings. The van der Waals surface area contributed by atoms with Crippen molar-refractivity contribution in [2.45, 2.75) is 12.7 Å². The summed E-state index contributed by atoms with van der Waals surface area (Å²) in [4.78, 5) is 8.56. The Labute approximate surface area is 186 Å². The fourth-order valence-corrected chi connectivity index (χ4v) is 4.20. The number of ether oxygens (including phenoxy) is 3. The van der Waals surface area contributed by atoms with Crippen LogP contribution in [-0.2, 0) is 20.8 Å². The first-order valence-electron chi connectivity index (χ1n) is 10.8. The molecule has 32 heavy (non-hydrogen) atoms. The number of H-pyrrole nitrogens is 1. The van der Waals surface area contributed by atoms with E-state index in [9.17, 15) is 0 Å². The number of benzene rings is 4. The normalized spacial score (nSPS) is 12.7. The number of rotatable bonds is 8. The number of imidazole rings is 1. The zero-order valence-corrected chi connectivity index (χ0v) is 18.3. The monoisotopic (exact) mass is 426 g/mol. The number of hydrogen-bond donors (Lipinski definition) is 1. The molecule has 5 heteroatoms. The van der Waals surface area contributed by atoms with Crippen LogP contribution in [0.5, 0.6) is 0 Å². The molecule has 0 saturated heterocycles. The molecular formula is C27H26N2O3. The number of aromatic nitrogens is 2. The first kappa shape index (κ1) is 20.6. The lowest BCUT2D eigenvalue weighted by Gasteiger charge is -2.14. The highest BCUT2D eigenvalue weighted by molar-refractivity contribution is 6.23. The van der Waals surface area contributed by atoms with Crippen LogP contribution in [0.1, 0.15) is 5.56 Å². The minimum absolute atomic E-state index is 0.0560. The van der Waals surface area contributed by atoms with Crippen molar-refractivity contribution in [3.05, 3.63) is 78.4 Å². The molecule has 0 saturated carbocycles. The van der Waals surface area contributed by atoms with E-state index in [0.29, 0.717) is 19.8 Å². The first-order chi connectivity index (χ1) is 15.8. The summed E-state index contributed by atoms with van der Waals surface area (Å²) in [5.74, 6) is 0.869. The molecule has 0 fully saturated rings. The van der Waals surface area contributed by atoms with E-state index in [2.05, 4.69) is 77.8 Å².